The lowest BCUT2D eigenvalue weighted by molar-refractivity contribution is 0.288. The number of alkyl halides is 1. The lowest BCUT2D eigenvalue weighted by Gasteiger charge is -2.35. The van der Waals surface area contributed by atoms with Crippen LogP contribution in [0.1, 0.15) is 5.82 Å². The van der Waals surface area contributed by atoms with Crippen LogP contribution in [-0.2, 0) is 5.88 Å². The minimum absolute atomic E-state index is 0.393. The third kappa shape index (κ3) is 2.21. The number of benzene rings is 1. The van der Waals surface area contributed by atoms with E-state index in [0.29, 0.717) is 5.88 Å². The fourth-order valence-electron chi connectivity index (χ4n) is 2.67. The monoisotopic (exact) mass is 294 g/mol. The Bertz CT molecular complexity index is 604. The molecule has 5 nitrogen and oxygen atoms in total. The zero-order valence-electron chi connectivity index (χ0n) is 11.8. The summed E-state index contributed by atoms with van der Waals surface area (Å²) in [5, 5.41) is 2.31. The Morgan fingerprint density at radius 1 is 1.25 bits per heavy atom. The van der Waals surface area contributed by atoms with Crippen molar-refractivity contribution in [2.24, 2.45) is 0 Å². The molecule has 2 aromatic rings. The van der Waals surface area contributed by atoms with Crippen LogP contribution < -0.4 is 9.75 Å². The average molecular weight is 295 g/mol. The maximum absolute atomic E-state index is 6.09. The number of likely N-dealkylation sites (N-methyl/N-ethyl adjacent to an activating group) is 1. The first-order valence-electron chi connectivity index (χ1n) is 6.78. The van der Waals surface area contributed by atoms with E-state index in [2.05, 4.69) is 32.7 Å². The van der Waals surface area contributed by atoms with E-state index >= 15 is 0 Å². The van der Waals surface area contributed by atoms with Crippen molar-refractivity contribution in [1.29, 1.82) is 0 Å². The van der Waals surface area contributed by atoms with Crippen LogP contribution in [0.4, 0.5) is 0 Å². The van der Waals surface area contributed by atoms with Gasteiger partial charge in [-0.25, -0.2) is 9.66 Å². The van der Waals surface area contributed by atoms with Gasteiger partial charge in [-0.3, -0.25) is 0 Å². The van der Waals surface area contributed by atoms with Crippen molar-refractivity contribution in [3.63, 3.8) is 0 Å². The largest absolute Gasteiger partial charge is 0.494 e. The molecule has 1 aliphatic heterocycles. The number of imidazole rings is 1. The van der Waals surface area contributed by atoms with Crippen LogP contribution in [0.2, 0.25) is 0 Å². The van der Waals surface area contributed by atoms with Crippen molar-refractivity contribution < 1.29 is 4.74 Å². The topological polar surface area (TPSA) is 33.5 Å². The second kappa shape index (κ2) is 5.50. The van der Waals surface area contributed by atoms with Gasteiger partial charge in [0.25, 0.3) is 0 Å². The molecule has 0 aliphatic carbocycles. The van der Waals surface area contributed by atoms with Crippen molar-refractivity contribution in [1.82, 2.24) is 14.6 Å². The van der Waals surface area contributed by atoms with Gasteiger partial charge in [-0.15, -0.1) is 11.6 Å². The van der Waals surface area contributed by atoms with E-state index in [1.54, 1.807) is 7.11 Å². The molecular formula is C14H19ClN4O. The Balaban J connectivity index is 2.09. The molecule has 1 aromatic carbocycles. The van der Waals surface area contributed by atoms with E-state index in [4.69, 9.17) is 16.3 Å². The molecule has 1 aliphatic rings. The fraction of sp³-hybridized carbons (Fsp3) is 0.500. The lowest BCUT2D eigenvalue weighted by atomic mass is 10.3. The minimum atomic E-state index is 0.393. The molecule has 1 saturated heterocycles. The highest BCUT2D eigenvalue weighted by Crippen LogP contribution is 2.26. The maximum atomic E-state index is 6.09. The summed E-state index contributed by atoms with van der Waals surface area (Å²) in [6.07, 6.45) is 0. The first-order valence-corrected chi connectivity index (χ1v) is 7.32. The Kier molecular flexibility index (Phi) is 3.72. The molecule has 0 radical (unpaired) electrons. The summed E-state index contributed by atoms with van der Waals surface area (Å²) in [6.45, 7) is 4.04. The first-order chi connectivity index (χ1) is 9.74. The van der Waals surface area contributed by atoms with Gasteiger partial charge in [0.2, 0.25) is 0 Å². The molecule has 0 amide bonds. The van der Waals surface area contributed by atoms with Crippen LogP contribution >= 0.6 is 11.6 Å². The molecule has 3 rings (SSSR count). The van der Waals surface area contributed by atoms with Crippen LogP contribution in [0, 0.1) is 0 Å². The lowest BCUT2D eigenvalue weighted by Crippen LogP contribution is -2.50. The van der Waals surface area contributed by atoms with Crippen LogP contribution in [0.15, 0.2) is 18.2 Å². The smallest absolute Gasteiger partial charge is 0.146 e. The van der Waals surface area contributed by atoms with E-state index in [1.165, 1.54) is 0 Å². The van der Waals surface area contributed by atoms with Crippen LogP contribution in [0.25, 0.3) is 11.0 Å². The Hall–Kier alpha value is -1.46. The van der Waals surface area contributed by atoms with Gasteiger partial charge in [0.05, 0.1) is 18.5 Å². The summed E-state index contributed by atoms with van der Waals surface area (Å²) >= 11 is 6.09. The number of halogens is 1. The van der Waals surface area contributed by atoms with Gasteiger partial charge in [0.1, 0.15) is 17.1 Å². The van der Waals surface area contributed by atoms with Crippen LogP contribution in [0.5, 0.6) is 5.75 Å². The van der Waals surface area contributed by atoms with Crippen molar-refractivity contribution in [2.75, 3.05) is 45.3 Å². The SMILES string of the molecule is COc1cccc2c1nc(CCl)n2N1CCN(C)CC1. The maximum Gasteiger partial charge on any atom is 0.146 e. The van der Waals surface area contributed by atoms with Gasteiger partial charge in [-0.2, -0.15) is 0 Å². The predicted octanol–water partition coefficient (Wildman–Crippen LogP) is 1.67. The number of rotatable bonds is 3. The van der Waals surface area contributed by atoms with E-state index in [0.717, 1.165) is 48.8 Å². The van der Waals surface area contributed by atoms with Gasteiger partial charge in [0, 0.05) is 26.2 Å². The summed E-state index contributed by atoms with van der Waals surface area (Å²) in [7, 11) is 3.82. The number of hydrogen-bond acceptors (Lipinski definition) is 4. The quantitative estimate of drug-likeness (QED) is 0.807. The Morgan fingerprint density at radius 2 is 2.00 bits per heavy atom. The number of piperazine rings is 1. The van der Waals surface area contributed by atoms with Gasteiger partial charge in [0.15, 0.2) is 0 Å². The number of hydrogen-bond donors (Lipinski definition) is 0. The molecule has 0 bridgehead atoms. The second-order valence-corrected chi connectivity index (χ2v) is 5.33. The number of ether oxygens (including phenoxy) is 1. The van der Waals surface area contributed by atoms with Crippen molar-refractivity contribution in [2.45, 2.75) is 5.88 Å². The normalized spacial score (nSPS) is 16.9. The molecular weight excluding hydrogens is 276 g/mol. The average Bonchev–Trinajstić information content (AvgIpc) is 2.86. The van der Waals surface area contributed by atoms with E-state index in [-0.39, 0.29) is 0 Å². The molecule has 1 aromatic heterocycles. The highest BCUT2D eigenvalue weighted by Gasteiger charge is 2.21. The molecule has 0 saturated carbocycles. The molecule has 0 spiro atoms. The van der Waals surface area contributed by atoms with Crippen molar-refractivity contribution in [3.05, 3.63) is 24.0 Å². The number of aromatic nitrogens is 2. The third-order valence-corrected chi connectivity index (χ3v) is 4.03. The second-order valence-electron chi connectivity index (χ2n) is 5.06. The zero-order chi connectivity index (χ0) is 14.1. The van der Waals surface area contributed by atoms with Gasteiger partial charge >= 0.3 is 0 Å². The summed E-state index contributed by atoms with van der Waals surface area (Å²) in [5.74, 6) is 2.06. The summed E-state index contributed by atoms with van der Waals surface area (Å²) in [5.41, 5.74) is 1.94. The van der Waals surface area contributed by atoms with Crippen molar-refractivity contribution in [3.8, 4) is 5.75 Å². The predicted molar refractivity (Wildman–Crippen MR) is 81.3 cm³/mol. The molecule has 2 heterocycles. The van der Waals surface area contributed by atoms with E-state index < -0.39 is 0 Å². The Labute approximate surface area is 123 Å². The Morgan fingerprint density at radius 3 is 2.65 bits per heavy atom. The summed E-state index contributed by atoms with van der Waals surface area (Å²) in [4.78, 5) is 6.98. The fourth-order valence-corrected chi connectivity index (χ4v) is 2.85. The zero-order valence-corrected chi connectivity index (χ0v) is 12.6. The standard InChI is InChI=1S/C14H19ClN4O/c1-17-6-8-18(9-7-17)19-11-4-3-5-12(20-2)14(11)16-13(19)10-15/h3-5H,6-10H2,1-2H3. The summed E-state index contributed by atoms with van der Waals surface area (Å²) < 4.78 is 7.55. The number of nitrogens with zero attached hydrogens (tertiary/aromatic N) is 4. The molecule has 1 fully saturated rings. The van der Waals surface area contributed by atoms with Crippen molar-refractivity contribution >= 4 is 22.6 Å². The molecule has 0 atom stereocenters. The number of fused-ring (bicyclic) bond motifs is 1. The molecule has 6 heteroatoms. The van der Waals surface area contributed by atoms with Crippen LogP contribution in [0.3, 0.4) is 0 Å². The van der Waals surface area contributed by atoms with E-state index in [9.17, 15) is 0 Å². The molecule has 108 valence electrons. The highest BCUT2D eigenvalue weighted by molar-refractivity contribution is 6.16. The van der Waals surface area contributed by atoms with Gasteiger partial charge < -0.3 is 14.6 Å². The van der Waals surface area contributed by atoms with Crippen LogP contribution in [-0.4, -0.2) is 54.9 Å². The summed E-state index contributed by atoms with van der Waals surface area (Å²) in [6, 6.07) is 5.99. The van der Waals surface area contributed by atoms with E-state index in [1.807, 2.05) is 12.1 Å². The first kappa shape index (κ1) is 13.5. The molecule has 0 N–H and O–H groups in total. The van der Waals surface area contributed by atoms with Gasteiger partial charge in [-0.1, -0.05) is 6.07 Å². The minimum Gasteiger partial charge on any atom is -0.494 e. The van der Waals surface area contributed by atoms with Gasteiger partial charge in [-0.05, 0) is 19.2 Å². The molecule has 0 unspecified atom stereocenters. The molecule has 20 heavy (non-hydrogen) atoms. The highest BCUT2D eigenvalue weighted by atomic mass is 35.5. The number of methoxy groups -OCH3 is 1. The number of para-hydroxylation sites is 1. The third-order valence-electron chi connectivity index (χ3n) is 3.79.